The number of likely N-dealkylation sites (N-methyl/N-ethyl adjacent to an activating group) is 2. The molecule has 0 heterocycles. The Kier molecular flexibility index (Phi) is 7.82. The van der Waals surface area contributed by atoms with Crippen LogP contribution >= 0.6 is 0 Å². The quantitative estimate of drug-likeness (QED) is 0.748. The zero-order valence-electron chi connectivity index (χ0n) is 13.8. The minimum Gasteiger partial charge on any atom is -0.312 e. The van der Waals surface area contributed by atoms with E-state index in [-0.39, 0.29) is 0 Å². The van der Waals surface area contributed by atoms with Crippen LogP contribution in [0.25, 0.3) is 0 Å². The highest BCUT2D eigenvalue weighted by atomic mass is 15.2. The summed E-state index contributed by atoms with van der Waals surface area (Å²) in [7, 11) is 6.34. The van der Waals surface area contributed by atoms with Crippen molar-refractivity contribution < 1.29 is 0 Å². The summed E-state index contributed by atoms with van der Waals surface area (Å²) < 4.78 is 0. The summed E-state index contributed by atoms with van der Waals surface area (Å²) >= 11 is 0. The van der Waals surface area contributed by atoms with E-state index in [0.29, 0.717) is 6.04 Å². The standard InChI is InChI=1S/C17H31N3/c1-6-11-20(13-12-19(4)5)14-17(18-3)16-10-8-7-9-15(16)2/h7-10,17-18H,6,11-14H2,1-5H3. The molecular weight excluding hydrogens is 246 g/mol. The van der Waals surface area contributed by atoms with E-state index in [0.717, 1.165) is 26.2 Å². The highest BCUT2D eigenvalue weighted by Gasteiger charge is 2.15. The lowest BCUT2D eigenvalue weighted by Gasteiger charge is -2.29. The Hall–Kier alpha value is -0.900. The van der Waals surface area contributed by atoms with Crippen molar-refractivity contribution in [3.05, 3.63) is 35.4 Å². The van der Waals surface area contributed by atoms with Crippen molar-refractivity contribution in [1.29, 1.82) is 0 Å². The van der Waals surface area contributed by atoms with Crippen molar-refractivity contribution in [2.24, 2.45) is 0 Å². The highest BCUT2D eigenvalue weighted by Crippen LogP contribution is 2.18. The molecule has 1 aromatic carbocycles. The molecule has 1 aromatic rings. The summed E-state index contributed by atoms with van der Waals surface area (Å²) in [6.45, 7) is 8.94. The van der Waals surface area contributed by atoms with Crippen LogP contribution in [0.5, 0.6) is 0 Å². The molecular formula is C17H31N3. The monoisotopic (exact) mass is 277 g/mol. The predicted octanol–water partition coefficient (Wildman–Crippen LogP) is 2.53. The van der Waals surface area contributed by atoms with E-state index in [9.17, 15) is 0 Å². The number of hydrogen-bond acceptors (Lipinski definition) is 3. The number of benzene rings is 1. The normalized spacial score (nSPS) is 13.2. The van der Waals surface area contributed by atoms with Gasteiger partial charge in [-0.2, -0.15) is 0 Å². The molecule has 0 spiro atoms. The van der Waals surface area contributed by atoms with Crippen LogP contribution in [-0.2, 0) is 0 Å². The van der Waals surface area contributed by atoms with Gasteiger partial charge in [-0.05, 0) is 52.2 Å². The molecule has 0 fully saturated rings. The fourth-order valence-electron chi connectivity index (χ4n) is 2.53. The molecule has 0 bridgehead atoms. The van der Waals surface area contributed by atoms with E-state index in [2.05, 4.69) is 74.4 Å². The van der Waals surface area contributed by atoms with E-state index in [1.54, 1.807) is 0 Å². The fraction of sp³-hybridized carbons (Fsp3) is 0.647. The Labute approximate surface area is 125 Å². The van der Waals surface area contributed by atoms with Crippen LogP contribution in [0, 0.1) is 6.92 Å². The van der Waals surface area contributed by atoms with Crippen LogP contribution in [-0.4, -0.2) is 57.1 Å². The van der Waals surface area contributed by atoms with Crippen LogP contribution < -0.4 is 5.32 Å². The number of hydrogen-bond donors (Lipinski definition) is 1. The third-order valence-corrected chi connectivity index (χ3v) is 3.76. The maximum atomic E-state index is 3.48. The van der Waals surface area contributed by atoms with Gasteiger partial charge in [-0.3, -0.25) is 0 Å². The zero-order valence-corrected chi connectivity index (χ0v) is 13.8. The predicted molar refractivity (Wildman–Crippen MR) is 88.3 cm³/mol. The molecule has 0 aromatic heterocycles. The summed E-state index contributed by atoms with van der Waals surface area (Å²) in [5.41, 5.74) is 2.79. The lowest BCUT2D eigenvalue weighted by atomic mass is 10.0. The smallest absolute Gasteiger partial charge is 0.0449 e. The summed E-state index contributed by atoms with van der Waals surface area (Å²) in [5.74, 6) is 0. The first-order valence-corrected chi connectivity index (χ1v) is 7.68. The van der Waals surface area contributed by atoms with Gasteiger partial charge in [-0.25, -0.2) is 0 Å². The Balaban J connectivity index is 2.70. The molecule has 1 atom stereocenters. The van der Waals surface area contributed by atoms with Crippen LogP contribution in [0.2, 0.25) is 0 Å². The van der Waals surface area contributed by atoms with Gasteiger partial charge in [0.15, 0.2) is 0 Å². The summed E-state index contributed by atoms with van der Waals surface area (Å²) in [6, 6.07) is 9.10. The molecule has 0 aliphatic carbocycles. The largest absolute Gasteiger partial charge is 0.312 e. The Morgan fingerprint density at radius 1 is 1.10 bits per heavy atom. The molecule has 0 saturated carbocycles. The van der Waals surface area contributed by atoms with Gasteiger partial charge in [0.05, 0.1) is 0 Å². The summed E-state index contributed by atoms with van der Waals surface area (Å²) in [4.78, 5) is 4.82. The van der Waals surface area contributed by atoms with E-state index >= 15 is 0 Å². The maximum absolute atomic E-state index is 3.48. The van der Waals surface area contributed by atoms with Crippen molar-refractivity contribution in [2.75, 3.05) is 47.3 Å². The minimum atomic E-state index is 0.407. The van der Waals surface area contributed by atoms with E-state index in [1.807, 2.05) is 0 Å². The molecule has 1 rings (SSSR count). The molecule has 114 valence electrons. The van der Waals surface area contributed by atoms with Gasteiger partial charge in [0.1, 0.15) is 0 Å². The molecule has 0 radical (unpaired) electrons. The average Bonchev–Trinajstić information content (AvgIpc) is 2.43. The van der Waals surface area contributed by atoms with Gasteiger partial charge in [0, 0.05) is 25.7 Å². The third-order valence-electron chi connectivity index (χ3n) is 3.76. The second-order valence-electron chi connectivity index (χ2n) is 5.80. The molecule has 20 heavy (non-hydrogen) atoms. The lowest BCUT2D eigenvalue weighted by Crippen LogP contribution is -2.38. The van der Waals surface area contributed by atoms with Crippen molar-refractivity contribution in [2.45, 2.75) is 26.3 Å². The van der Waals surface area contributed by atoms with Gasteiger partial charge < -0.3 is 15.1 Å². The van der Waals surface area contributed by atoms with Crippen LogP contribution in [0.15, 0.2) is 24.3 Å². The lowest BCUT2D eigenvalue weighted by molar-refractivity contribution is 0.221. The molecule has 3 heteroatoms. The molecule has 0 aliphatic heterocycles. The van der Waals surface area contributed by atoms with Gasteiger partial charge >= 0.3 is 0 Å². The van der Waals surface area contributed by atoms with Gasteiger partial charge in [0.25, 0.3) is 0 Å². The fourth-order valence-corrected chi connectivity index (χ4v) is 2.53. The first kappa shape index (κ1) is 17.2. The molecule has 1 unspecified atom stereocenters. The molecule has 0 saturated heterocycles. The molecule has 0 aliphatic rings. The zero-order chi connectivity index (χ0) is 15.0. The summed E-state index contributed by atoms with van der Waals surface area (Å²) in [6.07, 6.45) is 1.21. The van der Waals surface area contributed by atoms with Crippen LogP contribution in [0.1, 0.15) is 30.5 Å². The number of nitrogens with one attached hydrogen (secondary N) is 1. The average molecular weight is 277 g/mol. The van der Waals surface area contributed by atoms with Gasteiger partial charge in [-0.15, -0.1) is 0 Å². The second-order valence-corrected chi connectivity index (χ2v) is 5.80. The molecule has 1 N–H and O–H groups in total. The first-order valence-electron chi connectivity index (χ1n) is 7.68. The van der Waals surface area contributed by atoms with Crippen molar-refractivity contribution >= 4 is 0 Å². The second kappa shape index (κ2) is 9.11. The van der Waals surface area contributed by atoms with Gasteiger partial charge in [-0.1, -0.05) is 31.2 Å². The van der Waals surface area contributed by atoms with Crippen LogP contribution in [0.4, 0.5) is 0 Å². The number of nitrogens with zero attached hydrogens (tertiary/aromatic N) is 2. The van der Waals surface area contributed by atoms with Crippen molar-refractivity contribution in [3.8, 4) is 0 Å². The Morgan fingerprint density at radius 3 is 2.35 bits per heavy atom. The van der Waals surface area contributed by atoms with E-state index in [1.165, 1.54) is 17.5 Å². The Bertz CT molecular complexity index is 376. The van der Waals surface area contributed by atoms with Crippen molar-refractivity contribution in [1.82, 2.24) is 15.1 Å². The maximum Gasteiger partial charge on any atom is 0.0449 e. The molecule has 0 amide bonds. The number of aryl methyl sites for hydroxylation is 1. The third kappa shape index (κ3) is 5.61. The molecule has 3 nitrogen and oxygen atoms in total. The van der Waals surface area contributed by atoms with E-state index in [4.69, 9.17) is 0 Å². The SMILES string of the molecule is CCCN(CCN(C)C)CC(NC)c1ccccc1C. The van der Waals surface area contributed by atoms with Crippen LogP contribution in [0.3, 0.4) is 0 Å². The summed E-state index contributed by atoms with van der Waals surface area (Å²) in [5, 5.41) is 3.48. The highest BCUT2D eigenvalue weighted by molar-refractivity contribution is 5.28. The Morgan fingerprint density at radius 2 is 1.80 bits per heavy atom. The topological polar surface area (TPSA) is 18.5 Å². The van der Waals surface area contributed by atoms with Gasteiger partial charge in [0.2, 0.25) is 0 Å². The minimum absolute atomic E-state index is 0.407. The van der Waals surface area contributed by atoms with Crippen molar-refractivity contribution in [3.63, 3.8) is 0 Å². The first-order chi connectivity index (χ1) is 9.58. The number of rotatable bonds is 9. The van der Waals surface area contributed by atoms with E-state index < -0.39 is 0 Å².